The predicted molar refractivity (Wildman–Crippen MR) is 73.7 cm³/mol. The lowest BCUT2D eigenvalue weighted by Gasteiger charge is -2.05. The molecule has 0 spiro atoms. The number of benzene rings is 2. The molecule has 1 radical (unpaired) electrons. The fraction of sp³-hybridized carbons (Fsp3) is 0.0625. The average molecular weight is 252 g/mol. The standard InChI is InChI=1S/C16H14NO2/c17-16(19)14-9-5-4-8-13(14)15(18)11-10-12-6-2-1-3-7-12/h1-9,11H,10H2,(H2,17,19). The smallest absolute Gasteiger partial charge is 0.249 e. The second-order valence-corrected chi connectivity index (χ2v) is 4.17. The van der Waals surface area contributed by atoms with E-state index in [1.165, 1.54) is 0 Å². The van der Waals surface area contributed by atoms with Gasteiger partial charge in [-0.05, 0) is 18.1 Å². The monoisotopic (exact) mass is 252 g/mol. The molecular formula is C16H14NO2. The fourth-order valence-electron chi connectivity index (χ4n) is 1.85. The molecule has 0 bridgehead atoms. The highest BCUT2D eigenvalue weighted by atomic mass is 16.1. The van der Waals surface area contributed by atoms with Gasteiger partial charge in [-0.2, -0.15) is 0 Å². The van der Waals surface area contributed by atoms with Crippen LogP contribution in [-0.4, -0.2) is 11.7 Å². The van der Waals surface area contributed by atoms with E-state index < -0.39 is 5.91 Å². The Balaban J connectivity index is 2.10. The van der Waals surface area contributed by atoms with Gasteiger partial charge in [-0.1, -0.05) is 48.5 Å². The summed E-state index contributed by atoms with van der Waals surface area (Å²) in [5.74, 6) is -0.768. The first-order chi connectivity index (χ1) is 9.18. The van der Waals surface area contributed by atoms with Crippen LogP contribution in [0.25, 0.3) is 0 Å². The van der Waals surface area contributed by atoms with E-state index in [-0.39, 0.29) is 11.3 Å². The molecule has 0 aliphatic rings. The number of Topliss-reactive ketones (excluding diaryl/α,β-unsaturated/α-hetero) is 1. The maximum atomic E-state index is 12.1. The Hall–Kier alpha value is -2.42. The van der Waals surface area contributed by atoms with Gasteiger partial charge in [0.1, 0.15) is 0 Å². The third-order valence-electron chi connectivity index (χ3n) is 2.82. The quantitative estimate of drug-likeness (QED) is 0.831. The Morgan fingerprint density at radius 2 is 1.47 bits per heavy atom. The predicted octanol–water partition coefficient (Wildman–Crippen LogP) is 2.42. The van der Waals surface area contributed by atoms with E-state index in [9.17, 15) is 9.59 Å². The number of hydrogen-bond acceptors (Lipinski definition) is 2. The highest BCUT2D eigenvalue weighted by molar-refractivity contribution is 6.10. The van der Waals surface area contributed by atoms with Gasteiger partial charge in [-0.15, -0.1) is 0 Å². The number of primary amides is 1. The van der Waals surface area contributed by atoms with Crippen molar-refractivity contribution in [3.05, 3.63) is 77.7 Å². The van der Waals surface area contributed by atoms with Crippen LogP contribution in [-0.2, 0) is 6.42 Å². The average Bonchev–Trinajstić information content (AvgIpc) is 2.46. The largest absolute Gasteiger partial charge is 0.366 e. The summed E-state index contributed by atoms with van der Waals surface area (Å²) < 4.78 is 0. The number of nitrogens with two attached hydrogens (primary N) is 1. The minimum absolute atomic E-state index is 0.182. The van der Waals surface area contributed by atoms with E-state index >= 15 is 0 Å². The van der Waals surface area contributed by atoms with Crippen LogP contribution in [0.2, 0.25) is 0 Å². The van der Waals surface area contributed by atoms with Crippen LogP contribution in [0, 0.1) is 6.42 Å². The van der Waals surface area contributed by atoms with Crippen molar-refractivity contribution in [3.63, 3.8) is 0 Å². The number of carbonyl (C=O) groups is 2. The first-order valence-electron chi connectivity index (χ1n) is 5.99. The van der Waals surface area contributed by atoms with Crippen molar-refractivity contribution in [2.24, 2.45) is 5.73 Å². The SMILES string of the molecule is NC(=O)c1ccccc1C(=O)[CH]Cc1ccccc1. The summed E-state index contributed by atoms with van der Waals surface area (Å²) in [6, 6.07) is 16.2. The van der Waals surface area contributed by atoms with Gasteiger partial charge in [0, 0.05) is 17.5 Å². The van der Waals surface area contributed by atoms with Crippen molar-refractivity contribution >= 4 is 11.7 Å². The van der Waals surface area contributed by atoms with Crippen LogP contribution < -0.4 is 5.73 Å². The molecule has 0 aliphatic heterocycles. The van der Waals surface area contributed by atoms with Crippen LogP contribution >= 0.6 is 0 Å². The normalized spacial score (nSPS) is 10.1. The highest BCUT2D eigenvalue weighted by Crippen LogP contribution is 2.12. The second kappa shape index (κ2) is 5.96. The van der Waals surface area contributed by atoms with Crippen LogP contribution in [0.1, 0.15) is 26.3 Å². The Morgan fingerprint density at radius 1 is 0.895 bits per heavy atom. The van der Waals surface area contributed by atoms with E-state index in [1.54, 1.807) is 30.7 Å². The van der Waals surface area contributed by atoms with Gasteiger partial charge in [0.2, 0.25) is 5.91 Å². The number of carbonyl (C=O) groups excluding carboxylic acids is 2. The molecule has 19 heavy (non-hydrogen) atoms. The van der Waals surface area contributed by atoms with E-state index in [4.69, 9.17) is 5.73 Å². The van der Waals surface area contributed by atoms with Crippen molar-refractivity contribution < 1.29 is 9.59 Å². The molecule has 95 valence electrons. The van der Waals surface area contributed by atoms with E-state index in [2.05, 4.69) is 0 Å². The summed E-state index contributed by atoms with van der Waals surface area (Å²) in [5.41, 5.74) is 6.92. The lowest BCUT2D eigenvalue weighted by atomic mass is 9.98. The van der Waals surface area contributed by atoms with Crippen molar-refractivity contribution in [2.45, 2.75) is 6.42 Å². The second-order valence-electron chi connectivity index (χ2n) is 4.17. The van der Waals surface area contributed by atoms with Crippen molar-refractivity contribution in [1.82, 2.24) is 0 Å². The van der Waals surface area contributed by atoms with Crippen LogP contribution in [0.3, 0.4) is 0 Å². The summed E-state index contributed by atoms with van der Waals surface area (Å²) >= 11 is 0. The van der Waals surface area contributed by atoms with Crippen molar-refractivity contribution in [1.29, 1.82) is 0 Å². The molecule has 2 aromatic rings. The molecule has 0 unspecified atom stereocenters. The zero-order valence-electron chi connectivity index (χ0n) is 10.4. The summed E-state index contributed by atoms with van der Waals surface area (Å²) in [4.78, 5) is 23.3. The van der Waals surface area contributed by atoms with Gasteiger partial charge in [0.05, 0.1) is 0 Å². The zero-order valence-corrected chi connectivity index (χ0v) is 10.4. The van der Waals surface area contributed by atoms with Crippen LogP contribution in [0.15, 0.2) is 54.6 Å². The van der Waals surface area contributed by atoms with Gasteiger partial charge >= 0.3 is 0 Å². The fourth-order valence-corrected chi connectivity index (χ4v) is 1.85. The third kappa shape index (κ3) is 3.28. The molecule has 0 atom stereocenters. The maximum Gasteiger partial charge on any atom is 0.249 e. The lowest BCUT2D eigenvalue weighted by molar-refractivity contribution is 0.0977. The summed E-state index contributed by atoms with van der Waals surface area (Å²) in [5, 5.41) is 0. The molecule has 0 saturated carbocycles. The number of hydrogen-bond donors (Lipinski definition) is 1. The van der Waals surface area contributed by atoms with Crippen molar-refractivity contribution in [3.8, 4) is 0 Å². The third-order valence-corrected chi connectivity index (χ3v) is 2.82. The first-order valence-corrected chi connectivity index (χ1v) is 5.99. The van der Waals surface area contributed by atoms with Crippen LogP contribution in [0.5, 0.6) is 0 Å². The number of amides is 1. The van der Waals surface area contributed by atoms with Gasteiger partial charge in [0.15, 0.2) is 5.78 Å². The van der Waals surface area contributed by atoms with Gasteiger partial charge in [-0.3, -0.25) is 9.59 Å². The molecule has 2 N–H and O–H groups in total. The Bertz CT molecular complexity index is 591. The molecule has 0 heterocycles. The van der Waals surface area contributed by atoms with Crippen LogP contribution in [0.4, 0.5) is 0 Å². The molecule has 1 amide bonds. The summed E-state index contributed by atoms with van der Waals surface area (Å²) in [6.45, 7) is 0. The zero-order chi connectivity index (χ0) is 13.7. The molecule has 0 fully saturated rings. The minimum Gasteiger partial charge on any atom is -0.366 e. The topological polar surface area (TPSA) is 60.2 Å². The molecular weight excluding hydrogens is 238 g/mol. The molecule has 0 aliphatic carbocycles. The Morgan fingerprint density at radius 3 is 2.11 bits per heavy atom. The van der Waals surface area contributed by atoms with Gasteiger partial charge in [-0.25, -0.2) is 0 Å². The molecule has 2 rings (SSSR count). The highest BCUT2D eigenvalue weighted by Gasteiger charge is 2.14. The molecule has 3 heteroatoms. The number of rotatable bonds is 5. The van der Waals surface area contributed by atoms with Crippen molar-refractivity contribution in [2.75, 3.05) is 0 Å². The maximum absolute atomic E-state index is 12.1. The molecule has 0 saturated heterocycles. The minimum atomic E-state index is -0.586. The van der Waals surface area contributed by atoms with E-state index in [1.807, 2.05) is 30.3 Å². The molecule has 2 aromatic carbocycles. The Kier molecular flexibility index (Phi) is 4.08. The summed E-state index contributed by atoms with van der Waals surface area (Å²) in [7, 11) is 0. The van der Waals surface area contributed by atoms with E-state index in [0.717, 1.165) is 5.56 Å². The van der Waals surface area contributed by atoms with Gasteiger partial charge < -0.3 is 5.73 Å². The van der Waals surface area contributed by atoms with Gasteiger partial charge in [0.25, 0.3) is 0 Å². The number of ketones is 1. The molecule has 3 nitrogen and oxygen atoms in total. The summed E-state index contributed by atoms with van der Waals surface area (Å²) in [6.07, 6.45) is 2.10. The lowest BCUT2D eigenvalue weighted by Crippen LogP contribution is -2.16. The van der Waals surface area contributed by atoms with E-state index in [0.29, 0.717) is 12.0 Å². The Labute approximate surface area is 112 Å². The molecule has 0 aromatic heterocycles. The first kappa shape index (κ1) is 13.0.